The van der Waals surface area contributed by atoms with E-state index in [1.807, 2.05) is 0 Å². The van der Waals surface area contributed by atoms with Crippen LogP contribution in [0.1, 0.15) is 11.1 Å². The number of carbonyl (C=O) groups is 1. The molecule has 2 aromatic rings. The van der Waals surface area contributed by atoms with E-state index in [1.54, 1.807) is 12.2 Å². The third kappa shape index (κ3) is 2.14. The molecule has 1 fully saturated rings. The molecule has 1 aliphatic heterocycles. The van der Waals surface area contributed by atoms with Crippen LogP contribution in [0.4, 0.5) is 0 Å². The van der Waals surface area contributed by atoms with Crippen LogP contribution in [-0.2, 0) is 14.9 Å². The number of benzene rings is 2. The summed E-state index contributed by atoms with van der Waals surface area (Å²) in [4.78, 5) is 12.1. The maximum absolute atomic E-state index is 12.1. The SMILES string of the molecule is O=C1OCC2C1=CC=CC2(c1ccc(O)c(O)c1O)c1ccc(O)c(O)c1O. The van der Waals surface area contributed by atoms with Gasteiger partial charge < -0.3 is 35.4 Å². The molecule has 144 valence electrons. The number of esters is 1. The van der Waals surface area contributed by atoms with Crippen LogP contribution in [0.25, 0.3) is 0 Å². The minimum absolute atomic E-state index is 0.0633. The number of rotatable bonds is 2. The zero-order valence-electron chi connectivity index (χ0n) is 14.3. The van der Waals surface area contributed by atoms with Crippen molar-refractivity contribution in [3.05, 3.63) is 59.2 Å². The predicted octanol–water partition coefficient (Wildman–Crippen LogP) is 1.88. The molecule has 8 nitrogen and oxygen atoms in total. The van der Waals surface area contributed by atoms with Gasteiger partial charge in [-0.3, -0.25) is 0 Å². The Morgan fingerprint density at radius 1 is 0.821 bits per heavy atom. The van der Waals surface area contributed by atoms with Crippen LogP contribution in [0.3, 0.4) is 0 Å². The van der Waals surface area contributed by atoms with Crippen molar-refractivity contribution in [3.8, 4) is 34.5 Å². The molecule has 0 aromatic heterocycles. The Bertz CT molecular complexity index is 1010. The summed E-state index contributed by atoms with van der Waals surface area (Å²) in [6.07, 6.45) is 4.66. The molecule has 1 heterocycles. The van der Waals surface area contributed by atoms with E-state index in [0.29, 0.717) is 0 Å². The minimum Gasteiger partial charge on any atom is -0.504 e. The van der Waals surface area contributed by atoms with E-state index in [9.17, 15) is 35.4 Å². The summed E-state index contributed by atoms with van der Waals surface area (Å²) >= 11 is 0. The molecule has 0 saturated carbocycles. The smallest absolute Gasteiger partial charge is 0.334 e. The fraction of sp³-hybridized carbons (Fsp3) is 0.150. The number of aromatic hydroxyl groups is 6. The Morgan fingerprint density at radius 3 is 1.89 bits per heavy atom. The molecule has 8 heteroatoms. The average molecular weight is 384 g/mol. The fourth-order valence-corrected chi connectivity index (χ4v) is 3.96. The van der Waals surface area contributed by atoms with Crippen molar-refractivity contribution >= 4 is 5.97 Å². The summed E-state index contributed by atoms with van der Waals surface area (Å²) in [6, 6.07) is 4.99. The first-order chi connectivity index (χ1) is 13.3. The van der Waals surface area contributed by atoms with Crippen molar-refractivity contribution in [2.75, 3.05) is 6.61 Å². The largest absolute Gasteiger partial charge is 0.504 e. The Hall–Kier alpha value is -3.81. The Labute approximate surface area is 158 Å². The lowest BCUT2D eigenvalue weighted by molar-refractivity contribution is -0.135. The maximum Gasteiger partial charge on any atom is 0.334 e. The second-order valence-electron chi connectivity index (χ2n) is 6.66. The van der Waals surface area contributed by atoms with Gasteiger partial charge in [0.1, 0.15) is 6.61 Å². The minimum atomic E-state index is -1.44. The van der Waals surface area contributed by atoms with Gasteiger partial charge in [-0.05, 0) is 12.1 Å². The number of phenols is 6. The number of hydrogen-bond donors (Lipinski definition) is 6. The molecule has 6 N–H and O–H groups in total. The van der Waals surface area contributed by atoms with Crippen molar-refractivity contribution in [1.29, 1.82) is 0 Å². The van der Waals surface area contributed by atoms with Crippen LogP contribution in [0.2, 0.25) is 0 Å². The Balaban J connectivity index is 2.09. The molecule has 0 bridgehead atoms. The lowest BCUT2D eigenvalue weighted by atomic mass is 9.61. The van der Waals surface area contributed by atoms with Gasteiger partial charge >= 0.3 is 5.97 Å². The quantitative estimate of drug-likeness (QED) is 0.340. The van der Waals surface area contributed by atoms with Crippen molar-refractivity contribution in [1.82, 2.24) is 0 Å². The van der Waals surface area contributed by atoms with Crippen molar-refractivity contribution < 1.29 is 40.2 Å². The molecule has 1 aliphatic carbocycles. The van der Waals surface area contributed by atoms with Crippen molar-refractivity contribution in [2.24, 2.45) is 5.92 Å². The van der Waals surface area contributed by atoms with E-state index in [0.717, 1.165) is 12.1 Å². The van der Waals surface area contributed by atoms with Gasteiger partial charge in [-0.15, -0.1) is 0 Å². The highest BCUT2D eigenvalue weighted by Crippen LogP contribution is 2.57. The number of ether oxygens (including phenoxy) is 1. The van der Waals surface area contributed by atoms with Crippen LogP contribution in [0, 0.1) is 5.92 Å². The number of phenolic OH excluding ortho intramolecular Hbond substituents is 6. The highest BCUT2D eigenvalue weighted by atomic mass is 16.5. The monoisotopic (exact) mass is 384 g/mol. The van der Waals surface area contributed by atoms with E-state index in [4.69, 9.17) is 4.74 Å². The standard InChI is InChI=1S/C20H16O8/c21-13-5-3-10(15(23)17(13)25)20(11-4-6-14(22)18(26)16(11)24)7-1-2-9-12(20)8-28-19(9)27/h1-7,12,21-26H,8H2. The number of carbonyl (C=O) groups excluding carboxylic acids is 1. The van der Waals surface area contributed by atoms with E-state index in [1.165, 1.54) is 18.2 Å². The normalized spacial score (nSPS) is 19.8. The van der Waals surface area contributed by atoms with Crippen molar-refractivity contribution in [3.63, 3.8) is 0 Å². The van der Waals surface area contributed by atoms with Crippen LogP contribution >= 0.6 is 0 Å². The molecule has 2 aromatic carbocycles. The summed E-state index contributed by atoms with van der Waals surface area (Å²) in [6.45, 7) is -0.0861. The third-order valence-corrected chi connectivity index (χ3v) is 5.33. The first kappa shape index (κ1) is 17.6. The van der Waals surface area contributed by atoms with Crippen LogP contribution in [0.5, 0.6) is 34.5 Å². The summed E-state index contributed by atoms with van der Waals surface area (Å²) in [5.74, 6) is -5.23. The topological polar surface area (TPSA) is 148 Å². The molecule has 1 unspecified atom stereocenters. The first-order valence-corrected chi connectivity index (χ1v) is 8.34. The van der Waals surface area contributed by atoms with E-state index < -0.39 is 51.8 Å². The predicted molar refractivity (Wildman–Crippen MR) is 95.3 cm³/mol. The molecule has 4 rings (SSSR count). The van der Waals surface area contributed by atoms with Gasteiger partial charge in [0.05, 0.1) is 5.41 Å². The Morgan fingerprint density at radius 2 is 1.36 bits per heavy atom. The van der Waals surface area contributed by atoms with Crippen LogP contribution in [0.15, 0.2) is 48.1 Å². The third-order valence-electron chi connectivity index (χ3n) is 5.33. The van der Waals surface area contributed by atoms with E-state index >= 15 is 0 Å². The number of fused-ring (bicyclic) bond motifs is 1. The average Bonchev–Trinajstić information content (AvgIpc) is 3.06. The van der Waals surface area contributed by atoms with Gasteiger partial charge in [-0.1, -0.05) is 30.4 Å². The highest BCUT2D eigenvalue weighted by Gasteiger charge is 2.52. The molecular weight excluding hydrogens is 368 g/mol. The molecule has 0 spiro atoms. The van der Waals surface area contributed by atoms with Gasteiger partial charge in [-0.2, -0.15) is 0 Å². The second-order valence-corrected chi connectivity index (χ2v) is 6.66. The number of hydrogen-bond acceptors (Lipinski definition) is 8. The van der Waals surface area contributed by atoms with Gasteiger partial charge in [-0.25, -0.2) is 4.79 Å². The second kappa shape index (κ2) is 5.85. The van der Waals surface area contributed by atoms with Crippen LogP contribution < -0.4 is 0 Å². The summed E-state index contributed by atoms with van der Waals surface area (Å²) in [7, 11) is 0. The van der Waals surface area contributed by atoms with Gasteiger partial charge in [0.25, 0.3) is 0 Å². The molecule has 28 heavy (non-hydrogen) atoms. The molecule has 2 aliphatic rings. The zero-order valence-corrected chi connectivity index (χ0v) is 14.3. The molecule has 0 radical (unpaired) electrons. The fourth-order valence-electron chi connectivity index (χ4n) is 3.96. The molecule has 1 atom stereocenters. The van der Waals surface area contributed by atoms with E-state index in [-0.39, 0.29) is 23.3 Å². The molecular formula is C20H16O8. The molecule has 0 amide bonds. The number of allylic oxidation sites excluding steroid dienone is 3. The van der Waals surface area contributed by atoms with Gasteiger partial charge in [0.15, 0.2) is 23.0 Å². The summed E-state index contributed by atoms with van der Waals surface area (Å²) in [5.41, 5.74) is -1.04. The summed E-state index contributed by atoms with van der Waals surface area (Å²) in [5, 5.41) is 60.7. The van der Waals surface area contributed by atoms with Crippen molar-refractivity contribution in [2.45, 2.75) is 5.41 Å². The van der Waals surface area contributed by atoms with Crippen LogP contribution in [-0.4, -0.2) is 43.2 Å². The lowest BCUT2D eigenvalue weighted by Crippen LogP contribution is -2.38. The van der Waals surface area contributed by atoms with Gasteiger partial charge in [0.2, 0.25) is 11.5 Å². The zero-order chi connectivity index (χ0) is 20.2. The molecule has 1 saturated heterocycles. The maximum atomic E-state index is 12.1. The summed E-state index contributed by atoms with van der Waals surface area (Å²) < 4.78 is 5.15. The van der Waals surface area contributed by atoms with E-state index in [2.05, 4.69) is 0 Å². The Kier molecular flexibility index (Phi) is 3.67. The first-order valence-electron chi connectivity index (χ1n) is 8.34. The lowest BCUT2D eigenvalue weighted by Gasteiger charge is -2.39. The number of cyclic esters (lactones) is 1. The van der Waals surface area contributed by atoms with Gasteiger partial charge in [0, 0.05) is 22.6 Å². The highest BCUT2D eigenvalue weighted by molar-refractivity contribution is 5.93.